The standard InChI is InChI=1S/C40H60N8O5S/c1-7-38(5)20-29(39(6)24(2)8-13-40(26(4)34(38)52)14-9-28(49)33(39)40)53-31(51)22-54-27-10-16-46(17-11-27)30(50)12-18-48-23-43-32-35(44-37(41)45-36(32)48)47-19-15-42-25(3)21-47/h7,23-27,29,33-34,42,52H,1,8-22H2,2-6H3,(H2,41,44,45)/t24-,25?,26+,29-,33-,34+,38-,39+,40+/m1/s1. The highest BCUT2D eigenvalue weighted by Gasteiger charge is 2.68. The van der Waals surface area contributed by atoms with Gasteiger partial charge in [-0.25, -0.2) is 4.98 Å². The second kappa shape index (κ2) is 15.0. The van der Waals surface area contributed by atoms with E-state index >= 15 is 0 Å². The van der Waals surface area contributed by atoms with Crippen LogP contribution in [0.3, 0.4) is 0 Å². The predicted octanol–water partition coefficient (Wildman–Crippen LogP) is 4.23. The van der Waals surface area contributed by atoms with Gasteiger partial charge in [-0.3, -0.25) is 14.4 Å². The summed E-state index contributed by atoms with van der Waals surface area (Å²) in [4.78, 5) is 58.4. The van der Waals surface area contributed by atoms with Crippen molar-refractivity contribution in [1.29, 1.82) is 0 Å². The van der Waals surface area contributed by atoms with Crippen LogP contribution in [0.5, 0.6) is 0 Å². The lowest BCUT2D eigenvalue weighted by Crippen LogP contribution is -2.63. The first-order valence-corrected chi connectivity index (χ1v) is 21.1. The van der Waals surface area contributed by atoms with Gasteiger partial charge >= 0.3 is 5.97 Å². The summed E-state index contributed by atoms with van der Waals surface area (Å²) in [6.45, 7) is 18.9. The number of carbonyl (C=O) groups excluding carboxylic acids is 3. The maximum absolute atomic E-state index is 13.7. The van der Waals surface area contributed by atoms with Crippen LogP contribution >= 0.6 is 11.8 Å². The van der Waals surface area contributed by atoms with Gasteiger partial charge in [-0.05, 0) is 62.7 Å². The molecule has 3 saturated carbocycles. The van der Waals surface area contributed by atoms with Gasteiger partial charge < -0.3 is 35.3 Å². The Bertz CT molecular complexity index is 1760. The molecule has 2 saturated heterocycles. The van der Waals surface area contributed by atoms with Gasteiger partial charge in [0.2, 0.25) is 11.9 Å². The SMILES string of the molecule is C=C[C@]1(C)C[C@@H](OC(=O)CSC2CCN(C(=O)CCn3cnc4c(N5CCNC(C)C5)nc(N)nc43)CC2)[C@]2(C)[C@H](C)CC[C@]3(CCC(=O)[C@@H]32)[C@@H](C)[C@@H]1O. The summed E-state index contributed by atoms with van der Waals surface area (Å²) in [7, 11) is 0. The second-order valence-corrected chi connectivity index (χ2v) is 18.8. The number of hydrogen-bond acceptors (Lipinski definition) is 12. The van der Waals surface area contributed by atoms with Crippen LogP contribution in [0.1, 0.15) is 86.0 Å². The summed E-state index contributed by atoms with van der Waals surface area (Å²) >= 11 is 1.60. The Morgan fingerprint density at radius 2 is 1.91 bits per heavy atom. The summed E-state index contributed by atoms with van der Waals surface area (Å²) in [5.74, 6) is 1.09. The molecule has 0 aromatic carbocycles. The van der Waals surface area contributed by atoms with Gasteiger partial charge in [0.05, 0.1) is 18.2 Å². The molecule has 2 aliphatic heterocycles. The third-order valence-electron chi connectivity index (χ3n) is 14.5. The van der Waals surface area contributed by atoms with E-state index in [2.05, 4.69) is 59.4 Å². The number of aryl methyl sites for hydroxylation is 1. The Labute approximate surface area is 323 Å². The third kappa shape index (κ3) is 6.82. The molecule has 2 aromatic rings. The van der Waals surface area contributed by atoms with E-state index in [1.807, 2.05) is 22.5 Å². The number of nitrogens with two attached hydrogens (primary N) is 1. The molecule has 4 N–H and O–H groups in total. The van der Waals surface area contributed by atoms with Gasteiger partial charge in [0.15, 0.2) is 17.0 Å². The molecule has 296 valence electrons. The number of ether oxygens (including phenoxy) is 1. The normalized spacial score (nSPS) is 36.1. The summed E-state index contributed by atoms with van der Waals surface area (Å²) in [6.07, 6.45) is 7.87. The lowest BCUT2D eigenvalue weighted by Gasteiger charge is -2.61. The van der Waals surface area contributed by atoms with E-state index in [4.69, 9.17) is 10.5 Å². The van der Waals surface area contributed by atoms with Gasteiger partial charge in [0, 0.05) is 80.1 Å². The lowest BCUT2D eigenvalue weighted by atomic mass is 9.44. The third-order valence-corrected chi connectivity index (χ3v) is 15.8. The zero-order valence-electron chi connectivity index (χ0n) is 32.8. The van der Waals surface area contributed by atoms with E-state index in [9.17, 15) is 19.5 Å². The summed E-state index contributed by atoms with van der Waals surface area (Å²) in [6, 6.07) is 0.325. The Kier molecular flexibility index (Phi) is 10.9. The number of imidazole rings is 1. The van der Waals surface area contributed by atoms with E-state index in [0.717, 1.165) is 57.6 Å². The molecule has 1 unspecified atom stereocenters. The van der Waals surface area contributed by atoms with Crippen molar-refractivity contribution < 1.29 is 24.2 Å². The number of Topliss-reactive ketones (excluding diaryl/α,β-unsaturated/α-hetero) is 1. The fraction of sp³-hybridized carbons (Fsp3) is 0.750. The van der Waals surface area contributed by atoms with Crippen LogP contribution in [0.15, 0.2) is 19.0 Å². The molecule has 2 aromatic heterocycles. The molecule has 0 radical (unpaired) electrons. The molecule has 5 aliphatic rings. The number of piperidine rings is 1. The van der Waals surface area contributed by atoms with Crippen LogP contribution in [0.4, 0.5) is 11.8 Å². The minimum absolute atomic E-state index is 0.0619. The van der Waals surface area contributed by atoms with Crippen molar-refractivity contribution in [2.24, 2.45) is 34.0 Å². The number of amides is 1. The van der Waals surface area contributed by atoms with E-state index in [1.165, 1.54) is 0 Å². The molecule has 9 atom stereocenters. The van der Waals surface area contributed by atoms with Gasteiger partial charge in [-0.15, -0.1) is 18.3 Å². The van der Waals surface area contributed by atoms with Crippen LogP contribution in [-0.2, 0) is 25.7 Å². The second-order valence-electron chi connectivity index (χ2n) is 17.5. The predicted molar refractivity (Wildman–Crippen MR) is 211 cm³/mol. The number of carbonyl (C=O) groups is 3. The van der Waals surface area contributed by atoms with Crippen molar-refractivity contribution in [3.05, 3.63) is 19.0 Å². The van der Waals surface area contributed by atoms with Gasteiger partial charge in [-0.1, -0.05) is 33.8 Å². The first-order chi connectivity index (χ1) is 25.7. The van der Waals surface area contributed by atoms with Crippen molar-refractivity contribution in [3.63, 3.8) is 0 Å². The molecule has 1 amide bonds. The molecule has 0 spiro atoms. The topological polar surface area (TPSA) is 169 Å². The number of fused-ring (bicyclic) bond motifs is 1. The number of ketones is 1. The highest BCUT2D eigenvalue weighted by molar-refractivity contribution is 8.00. The Morgan fingerprint density at radius 3 is 2.63 bits per heavy atom. The van der Waals surface area contributed by atoms with Crippen LogP contribution in [-0.4, -0.2) is 109 Å². The molecule has 5 fully saturated rings. The van der Waals surface area contributed by atoms with Crippen molar-refractivity contribution >= 4 is 52.4 Å². The number of nitrogens with zero attached hydrogens (tertiary/aromatic N) is 6. The number of esters is 1. The average Bonchev–Trinajstić information content (AvgIpc) is 3.74. The highest BCUT2D eigenvalue weighted by atomic mass is 32.2. The largest absolute Gasteiger partial charge is 0.461 e. The number of hydrogen-bond donors (Lipinski definition) is 3. The molecule has 3 aliphatic carbocycles. The zero-order chi connectivity index (χ0) is 38.6. The van der Waals surface area contributed by atoms with Crippen LogP contribution in [0.25, 0.3) is 11.2 Å². The van der Waals surface area contributed by atoms with Gasteiger partial charge in [-0.2, -0.15) is 9.97 Å². The maximum atomic E-state index is 13.7. The number of aromatic nitrogens is 4. The Balaban J connectivity index is 0.940. The van der Waals surface area contributed by atoms with Crippen LogP contribution in [0.2, 0.25) is 0 Å². The number of nitrogens with one attached hydrogen (secondary N) is 1. The molecule has 54 heavy (non-hydrogen) atoms. The minimum Gasteiger partial charge on any atom is -0.461 e. The first kappa shape index (κ1) is 39.0. The number of aliphatic hydroxyl groups is 1. The molecule has 4 heterocycles. The summed E-state index contributed by atoms with van der Waals surface area (Å²) in [5, 5.41) is 15.5. The van der Waals surface area contributed by atoms with E-state index < -0.39 is 23.0 Å². The number of anilines is 2. The van der Waals surface area contributed by atoms with Crippen molar-refractivity contribution in [2.75, 3.05) is 49.1 Å². The molecule has 13 nitrogen and oxygen atoms in total. The quantitative estimate of drug-likeness (QED) is 0.246. The van der Waals surface area contributed by atoms with E-state index in [-0.39, 0.29) is 57.8 Å². The molecule has 2 bridgehead atoms. The number of rotatable bonds is 9. The first-order valence-electron chi connectivity index (χ1n) is 20.1. The Morgan fingerprint density at radius 1 is 1.15 bits per heavy atom. The molecule has 14 heteroatoms. The minimum atomic E-state index is -0.684. The highest BCUT2D eigenvalue weighted by Crippen LogP contribution is 2.68. The lowest BCUT2D eigenvalue weighted by molar-refractivity contribution is -0.205. The van der Waals surface area contributed by atoms with E-state index in [1.54, 1.807) is 18.1 Å². The smallest absolute Gasteiger partial charge is 0.316 e. The zero-order valence-corrected chi connectivity index (χ0v) is 33.6. The van der Waals surface area contributed by atoms with Crippen molar-refractivity contribution in [2.45, 2.75) is 116 Å². The van der Waals surface area contributed by atoms with Gasteiger partial charge in [0.25, 0.3) is 0 Å². The summed E-state index contributed by atoms with van der Waals surface area (Å²) < 4.78 is 8.35. The van der Waals surface area contributed by atoms with Crippen molar-refractivity contribution in [3.8, 4) is 0 Å². The fourth-order valence-corrected chi connectivity index (χ4v) is 12.0. The van der Waals surface area contributed by atoms with Gasteiger partial charge in [0.1, 0.15) is 11.9 Å². The number of likely N-dealkylation sites (tertiary alicyclic amines) is 1. The van der Waals surface area contributed by atoms with Crippen molar-refractivity contribution in [1.82, 2.24) is 29.7 Å². The molecular formula is C40H60N8O5S. The number of piperazine rings is 1. The molecular weight excluding hydrogens is 705 g/mol. The monoisotopic (exact) mass is 764 g/mol. The number of aliphatic hydroxyl groups excluding tert-OH is 1. The van der Waals surface area contributed by atoms with Crippen LogP contribution < -0.4 is 16.0 Å². The Hall–Kier alpha value is -3.23. The van der Waals surface area contributed by atoms with E-state index in [0.29, 0.717) is 56.1 Å². The number of nitrogen functional groups attached to an aromatic ring is 1. The number of thioether (sulfide) groups is 1. The average molecular weight is 765 g/mol. The van der Waals surface area contributed by atoms with Crippen LogP contribution in [0, 0.1) is 34.0 Å². The summed E-state index contributed by atoms with van der Waals surface area (Å²) in [5.41, 5.74) is 5.98. The maximum Gasteiger partial charge on any atom is 0.316 e. The fourth-order valence-electron chi connectivity index (χ4n) is 11.0. The molecule has 7 rings (SSSR count).